The average Bonchev–Trinajstić information content (AvgIpc) is 3.15. The first-order valence-corrected chi connectivity index (χ1v) is 13.5. The fraction of sp³-hybridized carbons (Fsp3) is 0.394. The van der Waals surface area contributed by atoms with Crippen molar-refractivity contribution in [1.29, 1.82) is 0 Å². The fourth-order valence-corrected chi connectivity index (χ4v) is 6.82. The molecule has 2 aromatic carbocycles. The molecule has 2 heterocycles. The van der Waals surface area contributed by atoms with Gasteiger partial charge in [0.15, 0.2) is 0 Å². The van der Waals surface area contributed by atoms with Gasteiger partial charge in [0.05, 0.1) is 5.54 Å². The quantitative estimate of drug-likeness (QED) is 0.417. The van der Waals surface area contributed by atoms with Crippen molar-refractivity contribution in [2.24, 2.45) is 0 Å². The molecule has 2 aromatic rings. The van der Waals surface area contributed by atoms with E-state index in [0.29, 0.717) is 0 Å². The Balaban J connectivity index is 1.46. The van der Waals surface area contributed by atoms with E-state index in [-0.39, 0.29) is 16.4 Å². The van der Waals surface area contributed by atoms with Crippen LogP contribution in [0.3, 0.4) is 0 Å². The number of rotatable bonds is 3. The number of allylic oxidation sites excluding steroid dienone is 7. The normalized spacial score (nSPS) is 26.9. The highest BCUT2D eigenvalue weighted by molar-refractivity contribution is 6.32. The van der Waals surface area contributed by atoms with Crippen LogP contribution in [0.25, 0.3) is 0 Å². The molecule has 1 atom stereocenters. The Bertz CT molecular complexity index is 1320. The number of para-hydroxylation sites is 2. The number of likely N-dealkylation sites (N-methyl/N-ethyl adjacent to an activating group) is 2. The van der Waals surface area contributed by atoms with E-state index in [9.17, 15) is 0 Å². The summed E-state index contributed by atoms with van der Waals surface area (Å²) in [6.07, 6.45) is 12.4. The molecule has 3 aliphatic rings. The SMILES string of the molecule is CN1/C(=C\C=C2CCCC(/C=C/C3(C)N(C)c4ccccc4C3(C)C)=C2Cl)C(C)(C)c2ccccc21. The van der Waals surface area contributed by atoms with Crippen molar-refractivity contribution in [1.82, 2.24) is 0 Å². The Hall–Kier alpha value is -2.71. The first-order chi connectivity index (χ1) is 17.0. The van der Waals surface area contributed by atoms with Gasteiger partial charge in [-0.3, -0.25) is 0 Å². The van der Waals surface area contributed by atoms with Crippen molar-refractivity contribution in [3.05, 3.63) is 106 Å². The molecular formula is C33H39ClN2. The molecule has 0 radical (unpaired) electrons. The molecule has 36 heavy (non-hydrogen) atoms. The first kappa shape index (κ1) is 25.0. The number of nitrogens with zero attached hydrogens (tertiary/aromatic N) is 2. The Morgan fingerprint density at radius 3 is 2.11 bits per heavy atom. The zero-order chi connectivity index (χ0) is 25.9. The van der Waals surface area contributed by atoms with Crippen LogP contribution < -0.4 is 9.80 Å². The largest absolute Gasteiger partial charge is 0.365 e. The van der Waals surface area contributed by atoms with Gasteiger partial charge in [0.2, 0.25) is 0 Å². The van der Waals surface area contributed by atoms with Gasteiger partial charge in [0.1, 0.15) is 0 Å². The van der Waals surface area contributed by atoms with Gasteiger partial charge in [-0.1, -0.05) is 93.9 Å². The van der Waals surface area contributed by atoms with Gasteiger partial charge in [-0.15, -0.1) is 0 Å². The molecule has 1 unspecified atom stereocenters. The number of benzene rings is 2. The zero-order valence-corrected chi connectivity index (χ0v) is 23.6. The van der Waals surface area contributed by atoms with Crippen LogP contribution in [0.2, 0.25) is 0 Å². The first-order valence-electron chi connectivity index (χ1n) is 13.2. The van der Waals surface area contributed by atoms with E-state index in [0.717, 1.165) is 24.3 Å². The van der Waals surface area contributed by atoms with Crippen molar-refractivity contribution in [3.8, 4) is 0 Å². The van der Waals surface area contributed by atoms with E-state index in [1.165, 1.54) is 39.3 Å². The lowest BCUT2D eigenvalue weighted by Crippen LogP contribution is -2.50. The predicted molar refractivity (Wildman–Crippen MR) is 156 cm³/mol. The van der Waals surface area contributed by atoms with Gasteiger partial charge in [0, 0.05) is 47.0 Å². The third-order valence-electron chi connectivity index (χ3n) is 9.35. The maximum absolute atomic E-state index is 7.06. The molecule has 0 N–H and O–H groups in total. The van der Waals surface area contributed by atoms with Crippen LogP contribution in [0, 0.1) is 0 Å². The summed E-state index contributed by atoms with van der Waals surface area (Å²) in [6, 6.07) is 17.5. The highest BCUT2D eigenvalue weighted by atomic mass is 35.5. The second-order valence-electron chi connectivity index (χ2n) is 11.8. The number of halogens is 1. The summed E-state index contributed by atoms with van der Waals surface area (Å²) < 4.78 is 0. The molecule has 3 heteroatoms. The molecule has 0 fully saturated rings. The lowest BCUT2D eigenvalue weighted by atomic mass is 9.71. The lowest BCUT2D eigenvalue weighted by molar-refractivity contribution is 0.361. The number of hydrogen-bond acceptors (Lipinski definition) is 2. The monoisotopic (exact) mass is 498 g/mol. The molecule has 2 nitrogen and oxygen atoms in total. The summed E-state index contributed by atoms with van der Waals surface area (Å²) in [5, 5.41) is 0.921. The topological polar surface area (TPSA) is 6.48 Å². The standard InChI is InChI=1S/C33H39ClN2/c1-31(2)25-15-8-10-17-27(25)35(6)29(31)20-19-23-13-12-14-24(30(23)34)21-22-33(5)32(3,4)26-16-9-11-18-28(26)36(33)7/h8-11,15-22H,12-14H2,1-7H3/b22-21+,23-19?,29-20-. The fourth-order valence-electron chi connectivity index (χ4n) is 6.51. The summed E-state index contributed by atoms with van der Waals surface area (Å²) in [7, 11) is 4.38. The number of anilines is 2. The molecular weight excluding hydrogens is 460 g/mol. The Labute approximate surface area is 222 Å². The van der Waals surface area contributed by atoms with Crippen LogP contribution in [0.1, 0.15) is 65.0 Å². The second-order valence-corrected chi connectivity index (χ2v) is 12.2. The van der Waals surface area contributed by atoms with Crippen molar-refractivity contribution < 1.29 is 0 Å². The highest BCUT2D eigenvalue weighted by Crippen LogP contribution is 2.52. The van der Waals surface area contributed by atoms with Crippen LogP contribution in [-0.2, 0) is 10.8 Å². The van der Waals surface area contributed by atoms with Gasteiger partial charge < -0.3 is 9.80 Å². The van der Waals surface area contributed by atoms with Crippen LogP contribution in [-0.4, -0.2) is 19.6 Å². The number of hydrogen-bond donors (Lipinski definition) is 0. The molecule has 1 aliphatic carbocycles. The minimum atomic E-state index is -0.132. The van der Waals surface area contributed by atoms with E-state index >= 15 is 0 Å². The Morgan fingerprint density at radius 1 is 0.806 bits per heavy atom. The van der Waals surface area contributed by atoms with Gasteiger partial charge in [-0.2, -0.15) is 0 Å². The van der Waals surface area contributed by atoms with E-state index in [1.807, 2.05) is 0 Å². The molecule has 0 spiro atoms. The van der Waals surface area contributed by atoms with E-state index in [2.05, 4.69) is 131 Å². The van der Waals surface area contributed by atoms with E-state index in [4.69, 9.17) is 11.6 Å². The third-order valence-corrected chi connectivity index (χ3v) is 9.83. The maximum Gasteiger partial charge on any atom is 0.0648 e. The smallest absolute Gasteiger partial charge is 0.0648 e. The lowest BCUT2D eigenvalue weighted by Gasteiger charge is -2.41. The van der Waals surface area contributed by atoms with Gasteiger partial charge in [0.25, 0.3) is 0 Å². The summed E-state index contributed by atoms with van der Waals surface area (Å²) >= 11 is 7.06. The van der Waals surface area contributed by atoms with Gasteiger partial charge in [-0.25, -0.2) is 0 Å². The highest BCUT2D eigenvalue weighted by Gasteiger charge is 2.50. The van der Waals surface area contributed by atoms with Crippen LogP contribution >= 0.6 is 11.6 Å². The zero-order valence-electron chi connectivity index (χ0n) is 22.8. The molecule has 0 saturated carbocycles. The van der Waals surface area contributed by atoms with Gasteiger partial charge in [-0.05, 0) is 66.7 Å². The molecule has 0 saturated heterocycles. The molecule has 5 rings (SSSR count). The van der Waals surface area contributed by atoms with Crippen molar-refractivity contribution in [3.63, 3.8) is 0 Å². The minimum absolute atomic E-state index is 0.00667. The average molecular weight is 499 g/mol. The van der Waals surface area contributed by atoms with Crippen LogP contribution in [0.15, 0.2) is 94.7 Å². The molecule has 0 aromatic heterocycles. The summed E-state index contributed by atoms with van der Waals surface area (Å²) in [5.74, 6) is 0. The van der Waals surface area contributed by atoms with Crippen LogP contribution in [0.4, 0.5) is 11.4 Å². The summed E-state index contributed by atoms with van der Waals surface area (Å²) in [4.78, 5) is 4.75. The third kappa shape index (κ3) is 3.60. The van der Waals surface area contributed by atoms with Crippen molar-refractivity contribution >= 4 is 23.0 Å². The maximum atomic E-state index is 7.06. The van der Waals surface area contributed by atoms with E-state index < -0.39 is 0 Å². The van der Waals surface area contributed by atoms with Crippen molar-refractivity contribution in [2.45, 2.75) is 70.3 Å². The van der Waals surface area contributed by atoms with E-state index in [1.54, 1.807) is 0 Å². The summed E-state index contributed by atoms with van der Waals surface area (Å²) in [5.41, 5.74) is 9.01. The Morgan fingerprint density at radius 2 is 1.44 bits per heavy atom. The summed E-state index contributed by atoms with van der Waals surface area (Å²) in [6.45, 7) is 11.7. The predicted octanol–water partition coefficient (Wildman–Crippen LogP) is 8.64. The molecule has 0 amide bonds. The number of fused-ring (bicyclic) bond motifs is 2. The van der Waals surface area contributed by atoms with Crippen LogP contribution in [0.5, 0.6) is 0 Å². The molecule has 188 valence electrons. The molecule has 2 aliphatic heterocycles. The van der Waals surface area contributed by atoms with Crippen molar-refractivity contribution in [2.75, 3.05) is 23.9 Å². The van der Waals surface area contributed by atoms with Gasteiger partial charge >= 0.3 is 0 Å². The second kappa shape index (κ2) is 8.70. The Kier molecular flexibility index (Phi) is 6.03. The molecule has 0 bridgehead atoms. The minimum Gasteiger partial charge on any atom is -0.365 e.